The van der Waals surface area contributed by atoms with Crippen LogP contribution in [0.25, 0.3) is 0 Å². The van der Waals surface area contributed by atoms with Gasteiger partial charge in [-0.2, -0.15) is 0 Å². The van der Waals surface area contributed by atoms with Gasteiger partial charge >= 0.3 is 0 Å². The molecule has 1 aromatic rings. The lowest BCUT2D eigenvalue weighted by Gasteiger charge is -2.38. The van der Waals surface area contributed by atoms with Crippen molar-refractivity contribution < 1.29 is 18.7 Å². The smallest absolute Gasteiger partial charge is 0.249 e. The van der Waals surface area contributed by atoms with E-state index in [1.807, 2.05) is 29.4 Å². The van der Waals surface area contributed by atoms with E-state index in [4.69, 9.17) is 13.9 Å². The molecular formula is C25H41NO4Si. The average Bonchev–Trinajstić information content (AvgIpc) is 2.69. The zero-order valence-corrected chi connectivity index (χ0v) is 21.9. The summed E-state index contributed by atoms with van der Waals surface area (Å²) in [6, 6.07) is 3.88. The second-order valence-corrected chi connectivity index (χ2v) is 15.1. The van der Waals surface area contributed by atoms with Gasteiger partial charge < -0.3 is 18.8 Å². The van der Waals surface area contributed by atoms with Crippen LogP contribution < -0.4 is 9.47 Å². The van der Waals surface area contributed by atoms with Gasteiger partial charge in [-0.05, 0) is 66.2 Å². The number of hydrogen-bond acceptors (Lipinski definition) is 4. The molecule has 0 fully saturated rings. The quantitative estimate of drug-likeness (QED) is 0.357. The maximum Gasteiger partial charge on any atom is 0.249 e. The first kappa shape index (κ1) is 25.3. The van der Waals surface area contributed by atoms with E-state index in [0.29, 0.717) is 24.6 Å². The van der Waals surface area contributed by atoms with Crippen LogP contribution in [0.5, 0.6) is 11.5 Å². The highest BCUT2D eigenvalue weighted by atomic mass is 28.4. The minimum atomic E-state index is -1.93. The third-order valence-corrected chi connectivity index (χ3v) is 10.9. The summed E-state index contributed by atoms with van der Waals surface area (Å²) in [4.78, 5) is 15.1. The monoisotopic (exact) mass is 447 g/mol. The minimum absolute atomic E-state index is 0.116. The van der Waals surface area contributed by atoms with Gasteiger partial charge in [-0.25, -0.2) is 0 Å². The van der Waals surface area contributed by atoms with Gasteiger partial charge in [-0.3, -0.25) is 4.79 Å². The largest absolute Gasteiger partial charge is 0.549 e. The summed E-state index contributed by atoms with van der Waals surface area (Å²) in [5, 5.41) is 0.116. The maximum atomic E-state index is 13.1. The molecule has 174 valence electrons. The Kier molecular flexibility index (Phi) is 8.25. The molecular weight excluding hydrogens is 406 g/mol. The maximum absolute atomic E-state index is 13.1. The van der Waals surface area contributed by atoms with Gasteiger partial charge in [-0.15, -0.1) is 0 Å². The van der Waals surface area contributed by atoms with E-state index in [0.717, 1.165) is 24.2 Å². The van der Waals surface area contributed by atoms with Crippen molar-refractivity contribution in [1.29, 1.82) is 0 Å². The zero-order valence-electron chi connectivity index (χ0n) is 20.9. The molecule has 6 heteroatoms. The number of amides is 1. The Hall–Kier alpha value is -1.95. The second kappa shape index (κ2) is 10.1. The third-order valence-electron chi connectivity index (χ3n) is 6.61. The highest BCUT2D eigenvalue weighted by molar-refractivity contribution is 6.74. The summed E-state index contributed by atoms with van der Waals surface area (Å²) in [5.41, 5.74) is 2.27. The van der Waals surface area contributed by atoms with Crippen LogP contribution in [0, 0.1) is 5.92 Å². The van der Waals surface area contributed by atoms with Crippen LogP contribution >= 0.6 is 0 Å². The van der Waals surface area contributed by atoms with Crippen LogP contribution in [-0.4, -0.2) is 39.9 Å². The van der Waals surface area contributed by atoms with Crippen molar-refractivity contribution in [3.8, 4) is 11.5 Å². The lowest BCUT2D eigenvalue weighted by atomic mass is 9.91. The number of benzene rings is 1. The number of nitrogens with zero attached hydrogens (tertiary/aromatic N) is 1. The lowest BCUT2D eigenvalue weighted by molar-refractivity contribution is -0.133. The van der Waals surface area contributed by atoms with Crippen LogP contribution in [0.15, 0.2) is 24.5 Å². The van der Waals surface area contributed by atoms with Crippen molar-refractivity contribution in [3.05, 3.63) is 35.6 Å². The summed E-state index contributed by atoms with van der Waals surface area (Å²) in [6.07, 6.45) is 6.13. The molecule has 1 amide bonds. The number of carbonyl (C=O) groups is 1. The van der Waals surface area contributed by atoms with Gasteiger partial charge in [0.2, 0.25) is 14.2 Å². The number of carbonyl (C=O) groups excluding carboxylic acids is 1. The minimum Gasteiger partial charge on any atom is -0.549 e. The normalized spacial score (nSPS) is 17.1. The Morgan fingerprint density at radius 3 is 2.35 bits per heavy atom. The molecule has 0 saturated heterocycles. The Labute approximate surface area is 189 Å². The summed E-state index contributed by atoms with van der Waals surface area (Å²) in [7, 11) is 1.37. The van der Waals surface area contributed by atoms with E-state index >= 15 is 0 Å². The molecule has 1 aliphatic rings. The molecule has 31 heavy (non-hydrogen) atoms. The van der Waals surface area contributed by atoms with E-state index in [1.54, 1.807) is 14.2 Å². The van der Waals surface area contributed by atoms with Crippen LogP contribution in [0.4, 0.5) is 0 Å². The molecule has 5 nitrogen and oxygen atoms in total. The summed E-state index contributed by atoms with van der Waals surface area (Å²) in [6.45, 7) is 16.1. The highest BCUT2D eigenvalue weighted by Crippen LogP contribution is 2.40. The van der Waals surface area contributed by atoms with E-state index in [2.05, 4.69) is 47.7 Å². The fraction of sp³-hybridized carbons (Fsp3) is 0.640. The molecule has 0 N–H and O–H groups in total. The predicted octanol–water partition coefficient (Wildman–Crippen LogP) is 6.10. The molecule has 1 aromatic carbocycles. The van der Waals surface area contributed by atoms with Crippen molar-refractivity contribution in [3.63, 3.8) is 0 Å². The first-order valence-corrected chi connectivity index (χ1v) is 14.2. The van der Waals surface area contributed by atoms with E-state index in [-0.39, 0.29) is 17.0 Å². The molecule has 0 spiro atoms. The van der Waals surface area contributed by atoms with Crippen molar-refractivity contribution in [2.45, 2.75) is 78.1 Å². The van der Waals surface area contributed by atoms with Crippen molar-refractivity contribution >= 4 is 14.2 Å². The topological polar surface area (TPSA) is 48.0 Å². The molecule has 0 bridgehead atoms. The standard InChI is InChI=1S/C25H41NO4Si/c1-18(2)10-11-24(27)26-14-12-19-16-22(28-6)23(29-7)17-20(19)21(26)13-15-30-31(8,9)25(3,4)5/h13,15-18,21H,10-12,14H2,1-9H3. The van der Waals surface area contributed by atoms with Crippen LogP contribution in [0.2, 0.25) is 18.1 Å². The summed E-state index contributed by atoms with van der Waals surface area (Å²) in [5.74, 6) is 2.10. The number of hydrogen-bond donors (Lipinski definition) is 0. The van der Waals surface area contributed by atoms with Gasteiger partial charge in [0, 0.05) is 13.0 Å². The Balaban J connectivity index is 2.40. The van der Waals surface area contributed by atoms with E-state index < -0.39 is 8.32 Å². The SMILES string of the molecule is COc1cc2c(cc1OC)C(C=CO[Si](C)(C)C(C)(C)C)N(C(=O)CCC(C)C)CC2. The number of rotatable bonds is 8. The summed E-state index contributed by atoms with van der Waals surface area (Å²) >= 11 is 0. The highest BCUT2D eigenvalue weighted by Gasteiger charge is 2.38. The third kappa shape index (κ3) is 6.06. The number of fused-ring (bicyclic) bond motifs is 1. The molecule has 1 heterocycles. The Morgan fingerprint density at radius 1 is 1.19 bits per heavy atom. The van der Waals surface area contributed by atoms with Gasteiger partial charge in [0.1, 0.15) is 0 Å². The molecule has 0 aromatic heterocycles. The van der Waals surface area contributed by atoms with Crippen LogP contribution in [-0.2, 0) is 15.6 Å². The fourth-order valence-electron chi connectivity index (χ4n) is 3.48. The average molecular weight is 448 g/mol. The second-order valence-electron chi connectivity index (χ2n) is 10.3. The Morgan fingerprint density at radius 2 is 1.81 bits per heavy atom. The van der Waals surface area contributed by atoms with Gasteiger partial charge in [0.15, 0.2) is 11.5 Å². The van der Waals surface area contributed by atoms with Gasteiger partial charge in [0.25, 0.3) is 0 Å². The lowest BCUT2D eigenvalue weighted by Crippen LogP contribution is -2.40. The number of methoxy groups -OCH3 is 2. The molecule has 1 atom stereocenters. The van der Waals surface area contributed by atoms with Gasteiger partial charge in [0.05, 0.1) is 26.5 Å². The van der Waals surface area contributed by atoms with Gasteiger partial charge in [-0.1, -0.05) is 34.6 Å². The molecule has 1 aliphatic heterocycles. The molecule has 0 radical (unpaired) electrons. The molecule has 0 saturated carbocycles. The van der Waals surface area contributed by atoms with Crippen molar-refractivity contribution in [2.75, 3.05) is 20.8 Å². The van der Waals surface area contributed by atoms with Crippen LogP contribution in [0.3, 0.4) is 0 Å². The van der Waals surface area contributed by atoms with E-state index in [1.165, 1.54) is 5.56 Å². The molecule has 1 unspecified atom stereocenters. The zero-order chi connectivity index (χ0) is 23.4. The van der Waals surface area contributed by atoms with Crippen molar-refractivity contribution in [2.24, 2.45) is 5.92 Å². The predicted molar refractivity (Wildman–Crippen MR) is 129 cm³/mol. The first-order valence-electron chi connectivity index (χ1n) is 11.3. The first-order chi connectivity index (χ1) is 14.4. The summed E-state index contributed by atoms with van der Waals surface area (Å²) < 4.78 is 17.4. The number of ether oxygens (including phenoxy) is 2. The van der Waals surface area contributed by atoms with Crippen LogP contribution in [0.1, 0.15) is 64.6 Å². The Bertz CT molecular complexity index is 795. The van der Waals surface area contributed by atoms with Crippen molar-refractivity contribution in [1.82, 2.24) is 4.90 Å². The molecule has 2 rings (SSSR count). The fourth-order valence-corrected chi connectivity index (χ4v) is 4.25. The van der Waals surface area contributed by atoms with E-state index in [9.17, 15) is 4.79 Å². The molecule has 0 aliphatic carbocycles.